The van der Waals surface area contributed by atoms with Crippen molar-refractivity contribution < 1.29 is 14.1 Å². The maximum Gasteiger partial charge on any atom is 0.255 e. The zero-order valence-corrected chi connectivity index (χ0v) is 25.4. The minimum absolute atomic E-state index is 0.0282. The maximum atomic E-state index is 13.2. The first-order valence-corrected chi connectivity index (χ1v) is 17.4. The number of aromatic nitrogens is 6. The second kappa shape index (κ2) is 11.1. The van der Waals surface area contributed by atoms with Crippen molar-refractivity contribution in [2.24, 2.45) is 0 Å². The summed E-state index contributed by atoms with van der Waals surface area (Å²) >= 11 is 6.35. The fourth-order valence-electron chi connectivity index (χ4n) is 4.41. The van der Waals surface area contributed by atoms with E-state index in [1.807, 2.05) is 54.3 Å². The highest BCUT2D eigenvalue weighted by Gasteiger charge is 2.22. The summed E-state index contributed by atoms with van der Waals surface area (Å²) in [6.07, 6.45) is 3.45. The minimum Gasteiger partial charge on any atom is -0.361 e. The molecule has 0 bridgehead atoms. The molecule has 0 aliphatic heterocycles. The van der Waals surface area contributed by atoms with Crippen molar-refractivity contribution in [3.63, 3.8) is 0 Å². The fourth-order valence-corrected chi connectivity index (χ4v) is 5.34. The summed E-state index contributed by atoms with van der Waals surface area (Å²) in [5.41, 5.74) is 4.27. The molecule has 0 saturated carbocycles. The molecule has 4 heterocycles. The Hall–Kier alpha value is -3.54. The summed E-state index contributed by atoms with van der Waals surface area (Å²) in [6.45, 7) is 14.0. The van der Waals surface area contributed by atoms with Crippen molar-refractivity contribution in [2.75, 3.05) is 6.61 Å². The molecule has 12 heteroatoms. The van der Waals surface area contributed by atoms with Gasteiger partial charge in [-0.15, -0.1) is 0 Å². The standard InChI is InChI=1S/C28H34ClN7O3Si/c1-17(2)31-28(37)22-15-35(16-38-9-10-40(4,5)6)27-26(22)32-23(13-30-27)25-21-8-7-19(29)12-24(21)36(33-25)14-20-11-18(3)39-34-20/h7-8,11-13,15,17H,9-10,14,16H2,1-6H3,(H,31,37). The van der Waals surface area contributed by atoms with Gasteiger partial charge in [0.25, 0.3) is 5.91 Å². The van der Waals surface area contributed by atoms with Crippen molar-refractivity contribution in [2.45, 2.75) is 65.8 Å². The molecule has 0 atom stereocenters. The predicted octanol–water partition coefficient (Wildman–Crippen LogP) is 5.90. The molecule has 5 rings (SSSR count). The summed E-state index contributed by atoms with van der Waals surface area (Å²) in [6, 6.07) is 8.50. The number of rotatable bonds is 10. The largest absolute Gasteiger partial charge is 0.361 e. The number of ether oxygens (including phenoxy) is 1. The van der Waals surface area contributed by atoms with Gasteiger partial charge in [0, 0.05) is 43.4 Å². The molecule has 4 aromatic heterocycles. The van der Waals surface area contributed by atoms with Crippen LogP contribution in [0.25, 0.3) is 33.5 Å². The molecule has 0 radical (unpaired) electrons. The normalized spacial score (nSPS) is 12.2. The van der Waals surface area contributed by atoms with E-state index in [1.165, 1.54) is 0 Å². The van der Waals surface area contributed by atoms with Crippen LogP contribution in [-0.4, -0.2) is 56.1 Å². The summed E-state index contributed by atoms with van der Waals surface area (Å²) in [5, 5.41) is 13.4. The summed E-state index contributed by atoms with van der Waals surface area (Å²) < 4.78 is 14.9. The number of amides is 1. The first-order chi connectivity index (χ1) is 19.0. The van der Waals surface area contributed by atoms with Crippen molar-refractivity contribution in [1.29, 1.82) is 0 Å². The fraction of sp³-hybridized carbons (Fsp3) is 0.393. The molecule has 1 N–H and O–H groups in total. The van der Waals surface area contributed by atoms with Crippen molar-refractivity contribution in [1.82, 2.24) is 34.8 Å². The third-order valence-electron chi connectivity index (χ3n) is 6.40. The number of carbonyl (C=O) groups excluding carboxylic acids is 1. The van der Waals surface area contributed by atoms with Gasteiger partial charge in [0.15, 0.2) is 5.65 Å². The third-order valence-corrected chi connectivity index (χ3v) is 8.34. The zero-order valence-electron chi connectivity index (χ0n) is 23.7. The number of nitrogens with zero attached hydrogens (tertiary/aromatic N) is 6. The quantitative estimate of drug-likeness (QED) is 0.162. The Morgan fingerprint density at radius 2 is 2.02 bits per heavy atom. The number of benzene rings is 1. The molecule has 40 heavy (non-hydrogen) atoms. The molecule has 1 aromatic carbocycles. The number of fused-ring (bicyclic) bond motifs is 2. The van der Waals surface area contributed by atoms with Crippen LogP contribution < -0.4 is 5.32 Å². The molecule has 5 aromatic rings. The smallest absolute Gasteiger partial charge is 0.255 e. The van der Waals surface area contributed by atoms with Gasteiger partial charge < -0.3 is 19.1 Å². The molecular weight excluding hydrogens is 546 g/mol. The van der Waals surface area contributed by atoms with Crippen LogP contribution >= 0.6 is 11.6 Å². The number of carbonyl (C=O) groups is 1. The highest BCUT2D eigenvalue weighted by molar-refractivity contribution is 6.76. The van der Waals surface area contributed by atoms with Gasteiger partial charge in [-0.25, -0.2) is 9.97 Å². The lowest BCUT2D eigenvalue weighted by molar-refractivity contribution is 0.0890. The van der Waals surface area contributed by atoms with E-state index in [9.17, 15) is 4.79 Å². The van der Waals surface area contributed by atoms with E-state index < -0.39 is 8.07 Å². The van der Waals surface area contributed by atoms with E-state index in [2.05, 4.69) is 30.1 Å². The third kappa shape index (κ3) is 6.11. The zero-order chi connectivity index (χ0) is 28.6. The Kier molecular flexibility index (Phi) is 7.80. The number of nitrogens with one attached hydrogen (secondary N) is 1. The molecule has 0 saturated heterocycles. The second-order valence-corrected chi connectivity index (χ2v) is 17.6. The molecule has 0 fully saturated rings. The number of halogens is 1. The molecule has 0 spiro atoms. The maximum absolute atomic E-state index is 13.2. The summed E-state index contributed by atoms with van der Waals surface area (Å²) in [4.78, 5) is 22.8. The van der Waals surface area contributed by atoms with E-state index in [1.54, 1.807) is 12.4 Å². The van der Waals surface area contributed by atoms with Gasteiger partial charge in [-0.2, -0.15) is 5.10 Å². The number of hydrogen-bond donors (Lipinski definition) is 1. The van der Waals surface area contributed by atoms with Crippen LogP contribution in [0.15, 0.2) is 41.2 Å². The van der Waals surface area contributed by atoms with Crippen molar-refractivity contribution in [3.05, 3.63) is 58.7 Å². The highest BCUT2D eigenvalue weighted by atomic mass is 35.5. The van der Waals surface area contributed by atoms with Crippen LogP contribution in [0.2, 0.25) is 30.7 Å². The summed E-state index contributed by atoms with van der Waals surface area (Å²) in [5.74, 6) is 0.512. The molecule has 1 amide bonds. The first kappa shape index (κ1) is 28.0. The van der Waals surface area contributed by atoms with Crippen LogP contribution in [-0.2, 0) is 18.0 Å². The highest BCUT2D eigenvalue weighted by Crippen LogP contribution is 2.31. The van der Waals surface area contributed by atoms with Crippen LogP contribution in [0.5, 0.6) is 0 Å². The van der Waals surface area contributed by atoms with Gasteiger partial charge in [-0.3, -0.25) is 9.48 Å². The molecule has 0 unspecified atom stereocenters. The van der Waals surface area contributed by atoms with Gasteiger partial charge in [-0.1, -0.05) is 36.4 Å². The molecule has 10 nitrogen and oxygen atoms in total. The lowest BCUT2D eigenvalue weighted by Crippen LogP contribution is -2.30. The Morgan fingerprint density at radius 1 is 1.23 bits per heavy atom. The van der Waals surface area contributed by atoms with Crippen molar-refractivity contribution in [3.8, 4) is 11.4 Å². The van der Waals surface area contributed by atoms with Gasteiger partial charge in [0.2, 0.25) is 0 Å². The first-order valence-electron chi connectivity index (χ1n) is 13.3. The lowest BCUT2D eigenvalue weighted by Gasteiger charge is -2.15. The Bertz CT molecular complexity index is 1680. The second-order valence-electron chi connectivity index (χ2n) is 11.5. The van der Waals surface area contributed by atoms with Crippen LogP contribution in [0.4, 0.5) is 0 Å². The topological polar surface area (TPSA) is 113 Å². The lowest BCUT2D eigenvalue weighted by atomic mass is 10.1. The molecule has 0 aliphatic rings. The van der Waals surface area contributed by atoms with Crippen LogP contribution in [0.3, 0.4) is 0 Å². The van der Waals surface area contributed by atoms with Gasteiger partial charge in [0.05, 0.1) is 23.8 Å². The van der Waals surface area contributed by atoms with E-state index >= 15 is 0 Å². The summed E-state index contributed by atoms with van der Waals surface area (Å²) in [7, 11) is -1.23. The Morgan fingerprint density at radius 3 is 2.73 bits per heavy atom. The van der Waals surface area contributed by atoms with E-state index in [0.29, 0.717) is 46.3 Å². The molecule has 0 aliphatic carbocycles. The van der Waals surface area contributed by atoms with Gasteiger partial charge in [-0.05, 0) is 45.0 Å². The molecule has 210 valence electrons. The molecular formula is C28H34ClN7O3Si. The monoisotopic (exact) mass is 579 g/mol. The Balaban J connectivity index is 1.56. The minimum atomic E-state index is -1.23. The van der Waals surface area contributed by atoms with E-state index in [-0.39, 0.29) is 18.7 Å². The average Bonchev–Trinajstić information content (AvgIpc) is 3.56. The average molecular weight is 580 g/mol. The number of aryl methyl sites for hydroxylation is 1. The Labute approximate surface area is 238 Å². The SMILES string of the molecule is Cc1cc(Cn2nc(-c3cnc4c(n3)c(C(=O)NC(C)C)cn4COCC[Si](C)(C)C)c3ccc(Cl)cc32)no1. The number of hydrogen-bond acceptors (Lipinski definition) is 7. The van der Waals surface area contributed by atoms with E-state index in [0.717, 1.165) is 28.4 Å². The van der Waals surface area contributed by atoms with E-state index in [4.69, 9.17) is 35.9 Å². The van der Waals surface area contributed by atoms with Crippen molar-refractivity contribution >= 4 is 47.6 Å². The van der Waals surface area contributed by atoms with Gasteiger partial charge >= 0.3 is 0 Å². The predicted molar refractivity (Wildman–Crippen MR) is 158 cm³/mol. The van der Waals surface area contributed by atoms with Gasteiger partial charge in [0.1, 0.15) is 35.1 Å². The van der Waals surface area contributed by atoms with Crippen LogP contribution in [0, 0.1) is 6.92 Å². The van der Waals surface area contributed by atoms with Crippen LogP contribution in [0.1, 0.15) is 35.7 Å².